The Morgan fingerprint density at radius 1 is 1.58 bits per heavy atom. The van der Waals surface area contributed by atoms with E-state index in [9.17, 15) is 0 Å². The van der Waals surface area contributed by atoms with Crippen molar-refractivity contribution < 1.29 is 5.11 Å². The Balaban J connectivity index is 2.61. The fraction of sp³-hybridized carbons (Fsp3) is 0.333. The molecule has 1 rings (SSSR count). The number of allylic oxidation sites excluding steroid dienone is 1. The molecular weight excluding hydrogens is 192 g/mol. The Labute approximate surface area is 81.3 Å². The standard InChI is InChI=1S/C9H11ClOS/c10-5-2-1-3-8-4-6-12-9(8)7-11/h1,3-4,6,11H,2,5,7H2. The van der Waals surface area contributed by atoms with Gasteiger partial charge in [-0.3, -0.25) is 0 Å². The van der Waals surface area contributed by atoms with Crippen LogP contribution in [0.2, 0.25) is 0 Å². The monoisotopic (exact) mass is 202 g/mol. The zero-order valence-electron chi connectivity index (χ0n) is 6.66. The number of thiophene rings is 1. The van der Waals surface area contributed by atoms with Gasteiger partial charge in [-0.2, -0.15) is 0 Å². The van der Waals surface area contributed by atoms with Crippen LogP contribution in [0.4, 0.5) is 0 Å². The van der Waals surface area contributed by atoms with Gasteiger partial charge in [0, 0.05) is 10.8 Å². The highest BCUT2D eigenvalue weighted by atomic mass is 35.5. The molecule has 0 aromatic carbocycles. The minimum Gasteiger partial charge on any atom is -0.391 e. The first-order chi connectivity index (χ1) is 5.88. The first-order valence-electron chi connectivity index (χ1n) is 3.78. The molecule has 0 amide bonds. The van der Waals surface area contributed by atoms with Crippen LogP contribution in [0.1, 0.15) is 16.9 Å². The topological polar surface area (TPSA) is 20.2 Å². The van der Waals surface area contributed by atoms with E-state index in [1.807, 2.05) is 23.6 Å². The van der Waals surface area contributed by atoms with Crippen LogP contribution in [0.3, 0.4) is 0 Å². The van der Waals surface area contributed by atoms with Crippen molar-refractivity contribution in [3.63, 3.8) is 0 Å². The van der Waals surface area contributed by atoms with Crippen molar-refractivity contribution >= 4 is 29.0 Å². The van der Waals surface area contributed by atoms with E-state index in [4.69, 9.17) is 16.7 Å². The predicted octanol–water partition coefficient (Wildman–Crippen LogP) is 2.88. The summed E-state index contributed by atoms with van der Waals surface area (Å²) < 4.78 is 0. The molecule has 66 valence electrons. The van der Waals surface area contributed by atoms with Crippen LogP contribution in [0.25, 0.3) is 6.08 Å². The van der Waals surface area contributed by atoms with Crippen molar-refractivity contribution in [1.29, 1.82) is 0 Å². The molecule has 0 aliphatic rings. The Kier molecular flexibility index (Phi) is 4.36. The van der Waals surface area contributed by atoms with Gasteiger partial charge < -0.3 is 5.11 Å². The second-order valence-electron chi connectivity index (χ2n) is 2.34. The molecule has 0 saturated carbocycles. The Morgan fingerprint density at radius 2 is 2.42 bits per heavy atom. The van der Waals surface area contributed by atoms with E-state index in [1.54, 1.807) is 11.3 Å². The highest BCUT2D eigenvalue weighted by Crippen LogP contribution is 2.18. The van der Waals surface area contributed by atoms with Crippen LogP contribution in [-0.4, -0.2) is 11.0 Å². The molecule has 0 bridgehead atoms. The lowest BCUT2D eigenvalue weighted by atomic mass is 10.2. The van der Waals surface area contributed by atoms with Crippen molar-refractivity contribution in [2.45, 2.75) is 13.0 Å². The molecule has 1 N–H and O–H groups in total. The average Bonchev–Trinajstić information content (AvgIpc) is 2.52. The predicted molar refractivity (Wildman–Crippen MR) is 54.6 cm³/mol. The van der Waals surface area contributed by atoms with Gasteiger partial charge in [-0.1, -0.05) is 12.2 Å². The molecule has 0 saturated heterocycles. The largest absolute Gasteiger partial charge is 0.391 e. The fourth-order valence-electron chi connectivity index (χ4n) is 0.901. The summed E-state index contributed by atoms with van der Waals surface area (Å²) in [6, 6.07) is 2.00. The molecule has 0 aliphatic heterocycles. The van der Waals surface area contributed by atoms with Crippen LogP contribution in [0.5, 0.6) is 0 Å². The van der Waals surface area contributed by atoms with E-state index < -0.39 is 0 Å². The average molecular weight is 203 g/mol. The summed E-state index contributed by atoms with van der Waals surface area (Å²) in [5, 5.41) is 10.9. The van der Waals surface area contributed by atoms with Crippen molar-refractivity contribution in [2.75, 3.05) is 5.88 Å². The van der Waals surface area contributed by atoms with Crippen molar-refractivity contribution in [1.82, 2.24) is 0 Å². The summed E-state index contributed by atoms with van der Waals surface area (Å²) in [4.78, 5) is 1.01. The van der Waals surface area contributed by atoms with E-state index in [1.165, 1.54) is 0 Å². The van der Waals surface area contributed by atoms with E-state index in [2.05, 4.69) is 0 Å². The zero-order valence-corrected chi connectivity index (χ0v) is 8.24. The van der Waals surface area contributed by atoms with E-state index in [-0.39, 0.29) is 6.61 Å². The molecule has 1 aromatic heterocycles. The molecule has 0 unspecified atom stereocenters. The second-order valence-corrected chi connectivity index (χ2v) is 3.72. The molecule has 0 spiro atoms. The van der Waals surface area contributed by atoms with Crippen LogP contribution in [0, 0.1) is 0 Å². The molecule has 1 nitrogen and oxygen atoms in total. The maximum Gasteiger partial charge on any atom is 0.0780 e. The molecule has 3 heteroatoms. The molecule has 1 aromatic rings. The summed E-state index contributed by atoms with van der Waals surface area (Å²) in [7, 11) is 0. The maximum atomic E-state index is 8.91. The van der Waals surface area contributed by atoms with Gasteiger partial charge in [0.05, 0.1) is 6.61 Å². The second kappa shape index (κ2) is 5.36. The van der Waals surface area contributed by atoms with Crippen molar-refractivity contribution in [3.05, 3.63) is 28.0 Å². The number of halogens is 1. The number of alkyl halides is 1. The fourth-order valence-corrected chi connectivity index (χ4v) is 1.75. The minimum atomic E-state index is 0.123. The lowest BCUT2D eigenvalue weighted by Gasteiger charge is -1.91. The maximum absolute atomic E-state index is 8.91. The van der Waals surface area contributed by atoms with Crippen molar-refractivity contribution in [3.8, 4) is 0 Å². The number of hydrogen-bond donors (Lipinski definition) is 1. The van der Waals surface area contributed by atoms with E-state index >= 15 is 0 Å². The smallest absolute Gasteiger partial charge is 0.0780 e. The van der Waals surface area contributed by atoms with E-state index in [0.29, 0.717) is 5.88 Å². The first-order valence-corrected chi connectivity index (χ1v) is 5.19. The SMILES string of the molecule is OCc1sccc1C=CCCCl. The highest BCUT2D eigenvalue weighted by Gasteiger charge is 1.97. The van der Waals surface area contributed by atoms with Crippen molar-refractivity contribution in [2.24, 2.45) is 0 Å². The Hall–Kier alpha value is -0.310. The minimum absolute atomic E-state index is 0.123. The Bertz CT molecular complexity index is 255. The van der Waals surface area contributed by atoms with Gasteiger partial charge >= 0.3 is 0 Å². The van der Waals surface area contributed by atoms with Gasteiger partial charge in [0.25, 0.3) is 0 Å². The van der Waals surface area contributed by atoms with Gasteiger partial charge in [0.15, 0.2) is 0 Å². The zero-order chi connectivity index (χ0) is 8.81. The summed E-state index contributed by atoms with van der Waals surface area (Å²) >= 11 is 7.09. The summed E-state index contributed by atoms with van der Waals surface area (Å²) in [6.07, 6.45) is 4.90. The van der Waals surface area contributed by atoms with Gasteiger partial charge in [0.1, 0.15) is 0 Å². The number of rotatable bonds is 4. The lowest BCUT2D eigenvalue weighted by Crippen LogP contribution is -1.79. The Morgan fingerprint density at radius 3 is 3.08 bits per heavy atom. The van der Waals surface area contributed by atoms with Gasteiger partial charge in [0.2, 0.25) is 0 Å². The van der Waals surface area contributed by atoms with Crippen LogP contribution in [-0.2, 0) is 6.61 Å². The summed E-state index contributed by atoms with van der Waals surface area (Å²) in [6.45, 7) is 0.123. The van der Waals surface area contributed by atoms with Gasteiger partial charge in [-0.25, -0.2) is 0 Å². The lowest BCUT2D eigenvalue weighted by molar-refractivity contribution is 0.285. The van der Waals surface area contributed by atoms with Gasteiger partial charge in [-0.05, 0) is 23.4 Å². The third kappa shape index (κ3) is 2.63. The number of aliphatic hydroxyl groups excluding tert-OH is 1. The third-order valence-electron chi connectivity index (χ3n) is 1.50. The summed E-state index contributed by atoms with van der Waals surface area (Å²) in [5.41, 5.74) is 1.10. The molecule has 0 fully saturated rings. The quantitative estimate of drug-likeness (QED) is 0.745. The highest BCUT2D eigenvalue weighted by molar-refractivity contribution is 7.10. The molecule has 0 radical (unpaired) electrons. The van der Waals surface area contributed by atoms with E-state index in [0.717, 1.165) is 16.9 Å². The normalized spacial score (nSPS) is 11.2. The summed E-state index contributed by atoms with van der Waals surface area (Å²) in [5.74, 6) is 0.648. The molecular formula is C9H11ClOS. The van der Waals surface area contributed by atoms with Gasteiger partial charge in [-0.15, -0.1) is 22.9 Å². The first kappa shape index (κ1) is 9.78. The third-order valence-corrected chi connectivity index (χ3v) is 2.64. The molecule has 0 atom stereocenters. The van der Waals surface area contributed by atoms with Crippen LogP contribution in [0.15, 0.2) is 17.5 Å². The van der Waals surface area contributed by atoms with Crippen LogP contribution < -0.4 is 0 Å². The molecule has 0 aliphatic carbocycles. The number of aliphatic hydroxyl groups is 1. The molecule has 1 heterocycles. The van der Waals surface area contributed by atoms with Crippen LogP contribution >= 0.6 is 22.9 Å². The number of hydrogen-bond acceptors (Lipinski definition) is 2. The molecule has 12 heavy (non-hydrogen) atoms.